The number of nitrogens with one attached hydrogen (secondary N) is 1. The van der Waals surface area contributed by atoms with Gasteiger partial charge >= 0.3 is 0 Å². The van der Waals surface area contributed by atoms with E-state index >= 15 is 0 Å². The van der Waals surface area contributed by atoms with Crippen LogP contribution >= 0.6 is 0 Å². The van der Waals surface area contributed by atoms with Crippen molar-refractivity contribution in [1.29, 1.82) is 0 Å². The molecule has 0 radical (unpaired) electrons. The van der Waals surface area contributed by atoms with Crippen molar-refractivity contribution in [2.24, 2.45) is 5.92 Å². The van der Waals surface area contributed by atoms with Gasteiger partial charge in [-0.05, 0) is 17.9 Å². The van der Waals surface area contributed by atoms with E-state index in [1.54, 1.807) is 7.11 Å². The average molecular weight is 222 g/mol. The fourth-order valence-corrected chi connectivity index (χ4v) is 1.80. The number of hydrogen-bond acceptors (Lipinski definition) is 4. The zero-order valence-corrected chi connectivity index (χ0v) is 9.61. The minimum absolute atomic E-state index is 0.660. The zero-order chi connectivity index (χ0) is 11.2. The third kappa shape index (κ3) is 3.18. The first kappa shape index (κ1) is 11.4. The van der Waals surface area contributed by atoms with Crippen LogP contribution in [0, 0.1) is 5.92 Å². The van der Waals surface area contributed by atoms with Crippen molar-refractivity contribution in [3.05, 3.63) is 23.9 Å². The molecule has 1 aromatic rings. The maximum absolute atomic E-state index is 5.32. The van der Waals surface area contributed by atoms with E-state index in [1.807, 2.05) is 18.3 Å². The molecule has 4 nitrogen and oxygen atoms in total. The van der Waals surface area contributed by atoms with Crippen molar-refractivity contribution in [2.45, 2.75) is 13.0 Å². The molecule has 0 saturated carbocycles. The quantitative estimate of drug-likeness (QED) is 0.813. The summed E-state index contributed by atoms with van der Waals surface area (Å²) in [4.78, 5) is 4.16. The molecule has 4 heteroatoms. The van der Waals surface area contributed by atoms with Gasteiger partial charge < -0.3 is 14.8 Å². The van der Waals surface area contributed by atoms with Crippen molar-refractivity contribution in [3.8, 4) is 5.88 Å². The Bertz CT molecular complexity index is 307. The van der Waals surface area contributed by atoms with Gasteiger partial charge in [0.05, 0.1) is 13.7 Å². The van der Waals surface area contributed by atoms with Gasteiger partial charge in [0.25, 0.3) is 0 Å². The Labute approximate surface area is 96.0 Å². The molecule has 1 aliphatic rings. The summed E-state index contributed by atoms with van der Waals surface area (Å²) in [6.07, 6.45) is 3.02. The summed E-state index contributed by atoms with van der Waals surface area (Å²) in [5, 5.41) is 3.42. The number of aromatic nitrogens is 1. The van der Waals surface area contributed by atoms with Gasteiger partial charge in [-0.1, -0.05) is 6.07 Å². The van der Waals surface area contributed by atoms with Gasteiger partial charge in [0.2, 0.25) is 5.88 Å². The molecule has 2 rings (SSSR count). The summed E-state index contributed by atoms with van der Waals surface area (Å²) in [7, 11) is 1.63. The summed E-state index contributed by atoms with van der Waals surface area (Å²) in [6, 6.07) is 3.92. The van der Waals surface area contributed by atoms with Gasteiger partial charge in [-0.3, -0.25) is 0 Å². The predicted molar refractivity (Wildman–Crippen MR) is 61.4 cm³/mol. The van der Waals surface area contributed by atoms with Crippen molar-refractivity contribution in [3.63, 3.8) is 0 Å². The number of hydrogen-bond donors (Lipinski definition) is 1. The second kappa shape index (κ2) is 5.82. The average Bonchev–Trinajstić information content (AvgIpc) is 2.83. The third-order valence-corrected chi connectivity index (χ3v) is 2.79. The number of ether oxygens (including phenoxy) is 2. The molecule has 2 heterocycles. The van der Waals surface area contributed by atoms with E-state index in [-0.39, 0.29) is 0 Å². The van der Waals surface area contributed by atoms with E-state index in [9.17, 15) is 0 Å². The molecular weight excluding hydrogens is 204 g/mol. The molecule has 1 saturated heterocycles. The Morgan fingerprint density at radius 1 is 1.56 bits per heavy atom. The monoisotopic (exact) mass is 222 g/mol. The van der Waals surface area contributed by atoms with E-state index < -0.39 is 0 Å². The molecule has 0 spiro atoms. The first-order valence-electron chi connectivity index (χ1n) is 5.66. The van der Waals surface area contributed by atoms with Crippen LogP contribution in [0.1, 0.15) is 12.0 Å². The van der Waals surface area contributed by atoms with E-state index in [1.165, 1.54) is 12.0 Å². The summed E-state index contributed by atoms with van der Waals surface area (Å²) in [5.74, 6) is 1.33. The molecule has 0 aromatic carbocycles. The molecule has 1 aromatic heterocycles. The van der Waals surface area contributed by atoms with Crippen molar-refractivity contribution in [2.75, 3.05) is 26.9 Å². The highest BCUT2D eigenvalue weighted by Gasteiger charge is 2.14. The van der Waals surface area contributed by atoms with Crippen molar-refractivity contribution in [1.82, 2.24) is 10.3 Å². The lowest BCUT2D eigenvalue weighted by molar-refractivity contribution is 0.185. The van der Waals surface area contributed by atoms with Crippen LogP contribution in [0.4, 0.5) is 0 Å². The van der Waals surface area contributed by atoms with Crippen molar-refractivity contribution >= 4 is 0 Å². The van der Waals surface area contributed by atoms with E-state index in [0.717, 1.165) is 26.3 Å². The van der Waals surface area contributed by atoms with E-state index in [2.05, 4.69) is 10.3 Å². The van der Waals surface area contributed by atoms with Crippen LogP contribution in [0.15, 0.2) is 18.3 Å². The topological polar surface area (TPSA) is 43.4 Å². The van der Waals surface area contributed by atoms with Crippen LogP contribution in [0.3, 0.4) is 0 Å². The van der Waals surface area contributed by atoms with Crippen LogP contribution in [0.2, 0.25) is 0 Å². The Kier molecular flexibility index (Phi) is 4.13. The number of rotatable bonds is 5. The van der Waals surface area contributed by atoms with Crippen molar-refractivity contribution < 1.29 is 9.47 Å². The standard InChI is InChI=1S/C12H18N2O2/c1-15-12-3-2-10(8-14-12)6-13-7-11-4-5-16-9-11/h2-3,8,11,13H,4-7,9H2,1H3. The van der Waals surface area contributed by atoms with Crippen LogP contribution < -0.4 is 10.1 Å². The molecule has 16 heavy (non-hydrogen) atoms. The lowest BCUT2D eigenvalue weighted by Gasteiger charge is -2.09. The first-order valence-corrected chi connectivity index (χ1v) is 5.66. The summed E-state index contributed by atoms with van der Waals surface area (Å²) in [5.41, 5.74) is 1.18. The largest absolute Gasteiger partial charge is 0.481 e. The molecule has 1 N–H and O–H groups in total. The molecule has 1 aliphatic heterocycles. The number of nitrogens with zero attached hydrogens (tertiary/aromatic N) is 1. The summed E-state index contributed by atoms with van der Waals surface area (Å²) < 4.78 is 10.3. The van der Waals surface area contributed by atoms with Gasteiger partial charge in [-0.15, -0.1) is 0 Å². The van der Waals surface area contributed by atoms with Gasteiger partial charge in [0.15, 0.2) is 0 Å². The number of pyridine rings is 1. The van der Waals surface area contributed by atoms with Gasteiger partial charge in [-0.2, -0.15) is 0 Å². The molecule has 0 aliphatic carbocycles. The van der Waals surface area contributed by atoms with Gasteiger partial charge in [0, 0.05) is 32.0 Å². The minimum Gasteiger partial charge on any atom is -0.481 e. The molecule has 1 fully saturated rings. The Morgan fingerprint density at radius 2 is 2.50 bits per heavy atom. The highest BCUT2D eigenvalue weighted by atomic mass is 16.5. The van der Waals surface area contributed by atoms with Crippen LogP contribution in [-0.4, -0.2) is 31.9 Å². The maximum atomic E-state index is 5.32. The predicted octanol–water partition coefficient (Wildman–Crippen LogP) is 1.22. The highest BCUT2D eigenvalue weighted by molar-refractivity contribution is 5.17. The molecule has 1 unspecified atom stereocenters. The lowest BCUT2D eigenvalue weighted by atomic mass is 10.1. The SMILES string of the molecule is COc1ccc(CNCC2CCOC2)cn1. The first-order chi connectivity index (χ1) is 7.88. The normalized spacial score (nSPS) is 19.9. The summed E-state index contributed by atoms with van der Waals surface area (Å²) >= 11 is 0. The smallest absolute Gasteiger partial charge is 0.212 e. The second-order valence-corrected chi connectivity index (χ2v) is 4.07. The molecule has 0 bridgehead atoms. The maximum Gasteiger partial charge on any atom is 0.212 e. The Morgan fingerprint density at radius 3 is 3.12 bits per heavy atom. The lowest BCUT2D eigenvalue weighted by Crippen LogP contribution is -2.22. The summed E-state index contributed by atoms with van der Waals surface area (Å²) in [6.45, 7) is 3.68. The van der Waals surface area contributed by atoms with Gasteiger partial charge in [0.1, 0.15) is 0 Å². The fraction of sp³-hybridized carbons (Fsp3) is 0.583. The second-order valence-electron chi connectivity index (χ2n) is 4.07. The fourth-order valence-electron chi connectivity index (χ4n) is 1.80. The van der Waals surface area contributed by atoms with Crippen LogP contribution in [0.25, 0.3) is 0 Å². The number of methoxy groups -OCH3 is 1. The van der Waals surface area contributed by atoms with Crippen LogP contribution in [0.5, 0.6) is 5.88 Å². The zero-order valence-electron chi connectivity index (χ0n) is 9.61. The molecule has 0 amide bonds. The molecular formula is C12H18N2O2. The van der Waals surface area contributed by atoms with E-state index in [0.29, 0.717) is 11.8 Å². The Balaban J connectivity index is 1.71. The molecule has 88 valence electrons. The third-order valence-electron chi connectivity index (χ3n) is 2.79. The Hall–Kier alpha value is -1.13. The van der Waals surface area contributed by atoms with Crippen LogP contribution in [-0.2, 0) is 11.3 Å². The highest BCUT2D eigenvalue weighted by Crippen LogP contribution is 2.11. The van der Waals surface area contributed by atoms with E-state index in [4.69, 9.17) is 9.47 Å². The molecule has 1 atom stereocenters. The van der Waals surface area contributed by atoms with Gasteiger partial charge in [-0.25, -0.2) is 4.98 Å². The minimum atomic E-state index is 0.660.